The smallest absolute Gasteiger partial charge is 0.308 e. The molecule has 0 heterocycles. The van der Waals surface area contributed by atoms with Crippen LogP contribution >= 0.6 is 0 Å². The lowest BCUT2D eigenvalue weighted by Crippen LogP contribution is -2.30. The molecule has 1 fully saturated rings. The quantitative estimate of drug-likeness (QED) is 0.468. The van der Waals surface area contributed by atoms with Crippen molar-refractivity contribution in [2.45, 2.75) is 44.4 Å². The molecule has 1 saturated carbocycles. The molecule has 1 aromatic carbocycles. The van der Waals surface area contributed by atoms with Gasteiger partial charge < -0.3 is 9.53 Å². The minimum absolute atomic E-state index is 0.326. The van der Waals surface area contributed by atoms with Crippen LogP contribution in [0.4, 0.5) is 0 Å². The monoisotopic (exact) mass is 246 g/mol. The van der Waals surface area contributed by atoms with E-state index in [0.717, 1.165) is 37.5 Å². The van der Waals surface area contributed by atoms with Gasteiger partial charge in [0.25, 0.3) is 0 Å². The van der Waals surface area contributed by atoms with E-state index in [1.165, 1.54) is 13.3 Å². The Labute approximate surface area is 107 Å². The van der Waals surface area contributed by atoms with Gasteiger partial charge in [0.15, 0.2) is 0 Å². The van der Waals surface area contributed by atoms with Crippen LogP contribution in [0.2, 0.25) is 0 Å². The molecule has 0 spiro atoms. The summed E-state index contributed by atoms with van der Waals surface area (Å²) >= 11 is 0. The van der Waals surface area contributed by atoms with Gasteiger partial charge in [-0.3, -0.25) is 4.79 Å². The van der Waals surface area contributed by atoms with E-state index in [0.29, 0.717) is 5.75 Å². The molecular weight excluding hydrogens is 228 g/mol. The van der Waals surface area contributed by atoms with Crippen molar-refractivity contribution >= 4 is 12.3 Å². The average molecular weight is 246 g/mol. The summed E-state index contributed by atoms with van der Waals surface area (Å²) in [5.41, 5.74) is 0.709. The zero-order chi connectivity index (χ0) is 13.0. The van der Waals surface area contributed by atoms with Crippen molar-refractivity contribution in [2.75, 3.05) is 0 Å². The fourth-order valence-electron chi connectivity index (χ4n) is 2.68. The van der Waals surface area contributed by atoms with E-state index in [1.54, 1.807) is 12.1 Å². The number of esters is 1. The third-order valence-corrected chi connectivity index (χ3v) is 3.66. The maximum atomic E-state index is 11.5. The number of benzene rings is 1. The van der Waals surface area contributed by atoms with Gasteiger partial charge in [0.05, 0.1) is 5.41 Å². The molecule has 3 heteroatoms. The second kappa shape index (κ2) is 5.34. The SMILES string of the molecule is CC(=O)Oc1ccc(C2(C=O)CCCCC2)cc1. The van der Waals surface area contributed by atoms with Gasteiger partial charge in [-0.1, -0.05) is 31.4 Å². The highest BCUT2D eigenvalue weighted by Gasteiger charge is 2.33. The molecule has 1 aromatic rings. The predicted molar refractivity (Wildman–Crippen MR) is 68.6 cm³/mol. The largest absolute Gasteiger partial charge is 0.427 e. The lowest BCUT2D eigenvalue weighted by atomic mass is 9.70. The van der Waals surface area contributed by atoms with Gasteiger partial charge in [-0.25, -0.2) is 0 Å². The van der Waals surface area contributed by atoms with Crippen LogP contribution in [0.15, 0.2) is 24.3 Å². The van der Waals surface area contributed by atoms with Gasteiger partial charge in [0.1, 0.15) is 12.0 Å². The van der Waals surface area contributed by atoms with Gasteiger partial charge in [-0.2, -0.15) is 0 Å². The van der Waals surface area contributed by atoms with Crippen LogP contribution in [0.25, 0.3) is 0 Å². The zero-order valence-corrected chi connectivity index (χ0v) is 10.6. The summed E-state index contributed by atoms with van der Waals surface area (Å²) in [5.74, 6) is 0.202. The first kappa shape index (κ1) is 12.8. The standard InChI is InChI=1S/C15H18O3/c1-12(17)18-14-7-5-13(6-8-14)15(11-16)9-3-2-4-10-15/h5-8,11H,2-4,9-10H2,1H3. The van der Waals surface area contributed by atoms with Gasteiger partial charge in [-0.15, -0.1) is 0 Å². The summed E-state index contributed by atoms with van der Waals surface area (Å²) < 4.78 is 5.00. The number of carbonyl (C=O) groups excluding carboxylic acids is 2. The summed E-state index contributed by atoms with van der Waals surface area (Å²) in [6.07, 6.45) is 6.34. The minimum Gasteiger partial charge on any atom is -0.427 e. The molecule has 0 N–H and O–H groups in total. The molecular formula is C15H18O3. The van der Waals surface area contributed by atoms with Gasteiger partial charge in [0, 0.05) is 6.92 Å². The Bertz CT molecular complexity index is 428. The highest BCUT2D eigenvalue weighted by atomic mass is 16.5. The lowest BCUT2D eigenvalue weighted by Gasteiger charge is -2.32. The third-order valence-electron chi connectivity index (χ3n) is 3.66. The number of hydrogen-bond donors (Lipinski definition) is 0. The molecule has 0 radical (unpaired) electrons. The number of hydrogen-bond acceptors (Lipinski definition) is 3. The van der Waals surface area contributed by atoms with Crippen LogP contribution in [0.5, 0.6) is 5.75 Å². The first-order valence-electron chi connectivity index (χ1n) is 6.42. The van der Waals surface area contributed by atoms with Crippen molar-refractivity contribution in [1.29, 1.82) is 0 Å². The summed E-state index contributed by atoms with van der Waals surface area (Å²) in [5, 5.41) is 0. The van der Waals surface area contributed by atoms with Crippen molar-refractivity contribution in [3.8, 4) is 5.75 Å². The molecule has 18 heavy (non-hydrogen) atoms. The predicted octanol–water partition coefficient (Wildman–Crippen LogP) is 3.01. The van der Waals surface area contributed by atoms with Crippen LogP contribution in [0, 0.1) is 0 Å². The van der Waals surface area contributed by atoms with E-state index in [4.69, 9.17) is 4.74 Å². The van der Waals surface area contributed by atoms with Crippen molar-refractivity contribution in [2.24, 2.45) is 0 Å². The summed E-state index contributed by atoms with van der Waals surface area (Å²) in [6, 6.07) is 7.32. The maximum Gasteiger partial charge on any atom is 0.308 e. The van der Waals surface area contributed by atoms with Crippen LogP contribution in [-0.2, 0) is 15.0 Å². The molecule has 0 saturated heterocycles. The lowest BCUT2D eigenvalue weighted by molar-refractivity contribution is -0.131. The summed E-state index contributed by atoms with van der Waals surface area (Å²) in [4.78, 5) is 22.3. The molecule has 0 bridgehead atoms. The Morgan fingerprint density at radius 2 is 1.78 bits per heavy atom. The van der Waals surface area contributed by atoms with E-state index in [9.17, 15) is 9.59 Å². The molecule has 0 atom stereocenters. The Hall–Kier alpha value is -1.64. The molecule has 0 aromatic heterocycles. The topological polar surface area (TPSA) is 43.4 Å². The Balaban J connectivity index is 2.21. The van der Waals surface area contributed by atoms with Crippen molar-refractivity contribution in [3.63, 3.8) is 0 Å². The molecule has 0 aliphatic heterocycles. The third kappa shape index (κ3) is 2.61. The van der Waals surface area contributed by atoms with Gasteiger partial charge in [0.2, 0.25) is 0 Å². The number of ether oxygens (including phenoxy) is 1. The van der Waals surface area contributed by atoms with E-state index in [2.05, 4.69) is 0 Å². The second-order valence-electron chi connectivity index (χ2n) is 4.95. The van der Waals surface area contributed by atoms with Crippen LogP contribution in [0.1, 0.15) is 44.6 Å². The number of aldehydes is 1. The van der Waals surface area contributed by atoms with E-state index in [-0.39, 0.29) is 11.4 Å². The highest BCUT2D eigenvalue weighted by molar-refractivity contribution is 5.70. The summed E-state index contributed by atoms with van der Waals surface area (Å²) in [6.45, 7) is 1.38. The molecule has 1 aliphatic rings. The summed E-state index contributed by atoms with van der Waals surface area (Å²) in [7, 11) is 0. The fourth-order valence-corrected chi connectivity index (χ4v) is 2.68. The van der Waals surface area contributed by atoms with Crippen molar-refractivity contribution < 1.29 is 14.3 Å². The van der Waals surface area contributed by atoms with Gasteiger partial charge in [-0.05, 0) is 30.5 Å². The Kier molecular flexibility index (Phi) is 3.80. The van der Waals surface area contributed by atoms with E-state index < -0.39 is 0 Å². The molecule has 1 aliphatic carbocycles. The molecule has 3 nitrogen and oxygen atoms in total. The second-order valence-corrected chi connectivity index (χ2v) is 4.95. The minimum atomic E-state index is -0.328. The van der Waals surface area contributed by atoms with Crippen molar-refractivity contribution in [3.05, 3.63) is 29.8 Å². The fraction of sp³-hybridized carbons (Fsp3) is 0.467. The highest BCUT2D eigenvalue weighted by Crippen LogP contribution is 2.38. The number of rotatable bonds is 3. The van der Waals surface area contributed by atoms with E-state index >= 15 is 0 Å². The zero-order valence-electron chi connectivity index (χ0n) is 10.6. The normalized spacial score (nSPS) is 18.1. The molecule has 0 amide bonds. The Morgan fingerprint density at radius 1 is 1.17 bits per heavy atom. The van der Waals surface area contributed by atoms with Crippen LogP contribution < -0.4 is 4.74 Å². The number of carbonyl (C=O) groups is 2. The Morgan fingerprint density at radius 3 is 2.28 bits per heavy atom. The van der Waals surface area contributed by atoms with Crippen LogP contribution in [0.3, 0.4) is 0 Å². The maximum absolute atomic E-state index is 11.5. The van der Waals surface area contributed by atoms with E-state index in [1.807, 2.05) is 12.1 Å². The molecule has 96 valence electrons. The first-order chi connectivity index (χ1) is 8.66. The molecule has 0 unspecified atom stereocenters. The van der Waals surface area contributed by atoms with Gasteiger partial charge >= 0.3 is 5.97 Å². The average Bonchev–Trinajstić information content (AvgIpc) is 2.39. The van der Waals surface area contributed by atoms with Crippen molar-refractivity contribution in [1.82, 2.24) is 0 Å². The first-order valence-corrected chi connectivity index (χ1v) is 6.42. The molecule has 2 rings (SSSR count). The van der Waals surface area contributed by atoms with Crippen LogP contribution in [-0.4, -0.2) is 12.3 Å².